The van der Waals surface area contributed by atoms with E-state index in [0.717, 1.165) is 18.0 Å². The van der Waals surface area contributed by atoms with Gasteiger partial charge >= 0.3 is 0 Å². The molecule has 3 heterocycles. The van der Waals surface area contributed by atoms with Gasteiger partial charge < -0.3 is 9.84 Å². The first kappa shape index (κ1) is 13.7. The van der Waals surface area contributed by atoms with Gasteiger partial charge in [0.2, 0.25) is 11.7 Å². The van der Waals surface area contributed by atoms with Gasteiger partial charge in [-0.3, -0.25) is 4.90 Å². The molecule has 6 heteroatoms. The van der Waals surface area contributed by atoms with Crippen LogP contribution in [-0.2, 0) is 6.54 Å². The number of thiophene rings is 1. The number of nitrogens with zero attached hydrogens (tertiary/aromatic N) is 3. The summed E-state index contributed by atoms with van der Waals surface area (Å²) in [5.74, 6) is 1.38. The highest BCUT2D eigenvalue weighted by Gasteiger charge is 2.16. The summed E-state index contributed by atoms with van der Waals surface area (Å²) in [6.45, 7) is 2.87. The van der Waals surface area contributed by atoms with Gasteiger partial charge in [-0.25, -0.2) is 0 Å². The lowest BCUT2D eigenvalue weighted by atomic mass is 10.0. The molecule has 5 nitrogen and oxygen atoms in total. The van der Waals surface area contributed by atoms with Crippen LogP contribution in [0.1, 0.15) is 25.2 Å². The van der Waals surface area contributed by atoms with Crippen molar-refractivity contribution in [2.75, 3.05) is 20.1 Å². The molecule has 0 radical (unpaired) electrons. The zero-order chi connectivity index (χ0) is 13.8. The van der Waals surface area contributed by atoms with Gasteiger partial charge in [-0.05, 0) is 37.9 Å². The van der Waals surface area contributed by atoms with Gasteiger partial charge in [0.25, 0.3) is 0 Å². The van der Waals surface area contributed by atoms with Crippen molar-refractivity contribution in [3.05, 3.63) is 23.4 Å². The molecular weight excluding hydrogens is 272 g/mol. The molecular formula is C14H20N4OS. The third-order valence-corrected chi connectivity index (χ3v) is 4.43. The predicted molar refractivity (Wildman–Crippen MR) is 79.6 cm³/mol. The van der Waals surface area contributed by atoms with E-state index in [9.17, 15) is 0 Å². The van der Waals surface area contributed by atoms with Crippen molar-refractivity contribution in [2.45, 2.75) is 31.8 Å². The molecule has 1 aliphatic heterocycles. The van der Waals surface area contributed by atoms with E-state index in [1.54, 1.807) is 11.3 Å². The Labute approximate surface area is 123 Å². The Balaban J connectivity index is 1.54. The Morgan fingerprint density at radius 2 is 2.45 bits per heavy atom. The Hall–Kier alpha value is -1.24. The lowest BCUT2D eigenvalue weighted by molar-refractivity contribution is 0.227. The molecule has 1 unspecified atom stereocenters. The SMILES string of the molecule is CN(Cc1nc(-c2cccs2)no1)CC1CCCCN1. The van der Waals surface area contributed by atoms with Crippen LogP contribution in [0.2, 0.25) is 0 Å². The smallest absolute Gasteiger partial charge is 0.241 e. The Morgan fingerprint density at radius 1 is 1.50 bits per heavy atom. The van der Waals surface area contributed by atoms with Gasteiger partial charge in [-0.15, -0.1) is 11.3 Å². The second kappa shape index (κ2) is 6.47. The highest BCUT2D eigenvalue weighted by molar-refractivity contribution is 7.13. The van der Waals surface area contributed by atoms with Crippen LogP contribution in [0, 0.1) is 0 Å². The van der Waals surface area contributed by atoms with Crippen molar-refractivity contribution in [3.63, 3.8) is 0 Å². The lowest BCUT2D eigenvalue weighted by Gasteiger charge is -2.27. The van der Waals surface area contributed by atoms with E-state index in [4.69, 9.17) is 4.52 Å². The topological polar surface area (TPSA) is 54.2 Å². The Kier molecular flexibility index (Phi) is 4.44. The van der Waals surface area contributed by atoms with Crippen molar-refractivity contribution < 1.29 is 4.52 Å². The zero-order valence-electron chi connectivity index (χ0n) is 11.7. The van der Waals surface area contributed by atoms with Crippen molar-refractivity contribution in [3.8, 4) is 10.7 Å². The molecule has 2 aromatic rings. The molecule has 20 heavy (non-hydrogen) atoms. The highest BCUT2D eigenvalue weighted by Crippen LogP contribution is 2.21. The summed E-state index contributed by atoms with van der Waals surface area (Å²) in [4.78, 5) is 7.75. The van der Waals surface area contributed by atoms with Crippen molar-refractivity contribution in [2.24, 2.45) is 0 Å². The molecule has 3 rings (SSSR count). The molecule has 0 aromatic carbocycles. The maximum absolute atomic E-state index is 5.33. The second-order valence-electron chi connectivity index (χ2n) is 5.33. The molecule has 1 aliphatic rings. The predicted octanol–water partition coefficient (Wildman–Crippen LogP) is 2.37. The van der Waals surface area contributed by atoms with E-state index in [1.807, 2.05) is 17.5 Å². The first-order chi connectivity index (χ1) is 9.81. The molecule has 1 atom stereocenters. The number of aromatic nitrogens is 2. The van der Waals surface area contributed by atoms with Gasteiger partial charge in [0.1, 0.15) is 0 Å². The molecule has 0 saturated carbocycles. The Bertz CT molecular complexity index is 519. The number of hydrogen-bond acceptors (Lipinski definition) is 6. The fourth-order valence-electron chi connectivity index (χ4n) is 2.58. The first-order valence-electron chi connectivity index (χ1n) is 7.09. The van der Waals surface area contributed by atoms with Gasteiger partial charge in [0, 0.05) is 12.6 Å². The number of nitrogens with one attached hydrogen (secondary N) is 1. The minimum atomic E-state index is 0.591. The van der Waals surface area contributed by atoms with E-state index < -0.39 is 0 Å². The van der Waals surface area contributed by atoms with Crippen LogP contribution < -0.4 is 5.32 Å². The van der Waals surface area contributed by atoms with Crippen molar-refractivity contribution in [1.29, 1.82) is 0 Å². The van der Waals surface area contributed by atoms with E-state index in [-0.39, 0.29) is 0 Å². The third kappa shape index (κ3) is 3.45. The van der Waals surface area contributed by atoms with Crippen molar-refractivity contribution in [1.82, 2.24) is 20.4 Å². The van der Waals surface area contributed by atoms with E-state index >= 15 is 0 Å². The molecule has 1 N–H and O–H groups in total. The summed E-state index contributed by atoms with van der Waals surface area (Å²) < 4.78 is 5.33. The van der Waals surface area contributed by atoms with Gasteiger partial charge in [-0.1, -0.05) is 17.6 Å². The molecule has 1 saturated heterocycles. The molecule has 0 spiro atoms. The molecule has 108 valence electrons. The van der Waals surface area contributed by atoms with Gasteiger partial charge in [-0.2, -0.15) is 4.98 Å². The molecule has 2 aromatic heterocycles. The highest BCUT2D eigenvalue weighted by atomic mass is 32.1. The molecule has 0 aliphatic carbocycles. The molecule has 0 bridgehead atoms. The number of rotatable bonds is 5. The summed E-state index contributed by atoms with van der Waals surface area (Å²) in [6, 6.07) is 4.60. The fraction of sp³-hybridized carbons (Fsp3) is 0.571. The standard InChI is InChI=1S/C14H20N4OS/c1-18(9-11-5-2-3-7-15-11)10-13-16-14(17-19-13)12-6-4-8-20-12/h4,6,8,11,15H,2-3,5,7,9-10H2,1H3. The van der Waals surface area contributed by atoms with Crippen LogP contribution in [0.4, 0.5) is 0 Å². The summed E-state index contributed by atoms with van der Waals surface area (Å²) >= 11 is 1.63. The lowest BCUT2D eigenvalue weighted by Crippen LogP contribution is -2.42. The summed E-state index contributed by atoms with van der Waals surface area (Å²) in [5, 5.41) is 9.62. The van der Waals surface area contributed by atoms with Gasteiger partial charge in [0.05, 0.1) is 11.4 Å². The normalized spacial score (nSPS) is 19.6. The average molecular weight is 292 g/mol. The molecule has 1 fully saturated rings. The fourth-order valence-corrected chi connectivity index (χ4v) is 3.23. The first-order valence-corrected chi connectivity index (χ1v) is 7.97. The summed E-state index contributed by atoms with van der Waals surface area (Å²) in [5.41, 5.74) is 0. The van der Waals surface area contributed by atoms with E-state index in [1.165, 1.54) is 19.3 Å². The van der Waals surface area contributed by atoms with Crippen LogP contribution in [0.5, 0.6) is 0 Å². The molecule has 0 amide bonds. The second-order valence-corrected chi connectivity index (χ2v) is 6.28. The van der Waals surface area contributed by atoms with Crippen LogP contribution in [0.3, 0.4) is 0 Å². The third-order valence-electron chi connectivity index (χ3n) is 3.56. The van der Waals surface area contributed by atoms with E-state index in [0.29, 0.717) is 24.3 Å². The number of piperidine rings is 1. The quantitative estimate of drug-likeness (QED) is 0.917. The van der Waals surface area contributed by atoms with Crippen LogP contribution >= 0.6 is 11.3 Å². The summed E-state index contributed by atoms with van der Waals surface area (Å²) in [7, 11) is 2.10. The Morgan fingerprint density at radius 3 is 3.20 bits per heavy atom. The minimum absolute atomic E-state index is 0.591. The van der Waals surface area contributed by atoms with Crippen LogP contribution in [-0.4, -0.2) is 41.2 Å². The maximum atomic E-state index is 5.33. The number of likely N-dealkylation sites (N-methyl/N-ethyl adjacent to an activating group) is 1. The van der Waals surface area contributed by atoms with Gasteiger partial charge in [0.15, 0.2) is 0 Å². The van der Waals surface area contributed by atoms with Crippen LogP contribution in [0.15, 0.2) is 22.0 Å². The monoisotopic (exact) mass is 292 g/mol. The van der Waals surface area contributed by atoms with Crippen molar-refractivity contribution >= 4 is 11.3 Å². The number of hydrogen-bond donors (Lipinski definition) is 1. The summed E-state index contributed by atoms with van der Waals surface area (Å²) in [6.07, 6.45) is 3.89. The van der Waals surface area contributed by atoms with Crippen LogP contribution in [0.25, 0.3) is 10.7 Å². The van der Waals surface area contributed by atoms with E-state index in [2.05, 4.69) is 27.4 Å². The zero-order valence-corrected chi connectivity index (χ0v) is 12.5. The average Bonchev–Trinajstić information content (AvgIpc) is 3.10. The minimum Gasteiger partial charge on any atom is -0.338 e. The maximum Gasteiger partial charge on any atom is 0.241 e. The largest absolute Gasteiger partial charge is 0.338 e.